The van der Waals surface area contributed by atoms with Crippen molar-refractivity contribution >= 4 is 17.6 Å². The third-order valence-corrected chi connectivity index (χ3v) is 7.80. The second kappa shape index (κ2) is 9.19. The van der Waals surface area contributed by atoms with Gasteiger partial charge < -0.3 is 24.3 Å². The van der Waals surface area contributed by atoms with Crippen LogP contribution in [0.15, 0.2) is 54.1 Å². The van der Waals surface area contributed by atoms with Gasteiger partial charge >= 0.3 is 5.97 Å². The monoisotopic (exact) mass is 491 g/mol. The third kappa shape index (κ3) is 4.10. The van der Waals surface area contributed by atoms with Gasteiger partial charge in [0.25, 0.3) is 0 Å². The lowest BCUT2D eigenvalue weighted by molar-refractivity contribution is -0.148. The standard InChI is InChI=1S/C29H33NO6/c1-29(2)14-16-11-19(18-12-21(34-4)22(35-5)13-20(18)33-3)25(26-24(16)23(15-29)36-28(26)32)27(31)30-17-9-7-6-8-10-17/h6-13,19,23-26H,14-15H2,1-5H3,(H,30,31)/t19-,23-,24+,25+,26-/m0/s1. The molecule has 0 bridgehead atoms. The van der Waals surface area contributed by atoms with Crippen molar-refractivity contribution in [3.8, 4) is 17.2 Å². The molecule has 5 rings (SSSR count). The van der Waals surface area contributed by atoms with Gasteiger partial charge in [-0.25, -0.2) is 0 Å². The second-order valence-corrected chi connectivity index (χ2v) is 10.7. The van der Waals surface area contributed by atoms with Crippen LogP contribution in [0.4, 0.5) is 5.69 Å². The number of hydrogen-bond donors (Lipinski definition) is 1. The lowest BCUT2D eigenvalue weighted by Crippen LogP contribution is -2.45. The Bertz CT molecular complexity index is 1200. The normalized spacial score (nSPS) is 27.9. The average molecular weight is 492 g/mol. The van der Waals surface area contributed by atoms with E-state index in [0.29, 0.717) is 22.9 Å². The van der Waals surface area contributed by atoms with Crippen LogP contribution >= 0.6 is 0 Å². The summed E-state index contributed by atoms with van der Waals surface area (Å²) in [7, 11) is 4.73. The van der Waals surface area contributed by atoms with Gasteiger partial charge in [0.2, 0.25) is 5.91 Å². The van der Waals surface area contributed by atoms with E-state index < -0.39 is 17.8 Å². The molecule has 7 heteroatoms. The van der Waals surface area contributed by atoms with Crippen LogP contribution in [0.2, 0.25) is 0 Å². The van der Waals surface area contributed by atoms with E-state index in [0.717, 1.165) is 18.4 Å². The van der Waals surface area contributed by atoms with Crippen molar-refractivity contribution in [2.24, 2.45) is 23.2 Å². The third-order valence-electron chi connectivity index (χ3n) is 7.80. The molecule has 3 aliphatic rings. The highest BCUT2D eigenvalue weighted by atomic mass is 16.6. The molecule has 7 nitrogen and oxygen atoms in total. The van der Waals surface area contributed by atoms with Gasteiger partial charge in [-0.05, 0) is 36.5 Å². The topological polar surface area (TPSA) is 83.1 Å². The first-order valence-electron chi connectivity index (χ1n) is 12.3. The van der Waals surface area contributed by atoms with Gasteiger partial charge in [-0.15, -0.1) is 0 Å². The first-order valence-corrected chi connectivity index (χ1v) is 12.3. The quantitative estimate of drug-likeness (QED) is 0.454. The van der Waals surface area contributed by atoms with E-state index in [1.807, 2.05) is 36.4 Å². The van der Waals surface area contributed by atoms with Gasteiger partial charge in [0.15, 0.2) is 11.5 Å². The lowest BCUT2D eigenvalue weighted by Gasteiger charge is -2.44. The molecule has 190 valence electrons. The Morgan fingerprint density at radius 3 is 2.31 bits per heavy atom. The minimum Gasteiger partial charge on any atom is -0.496 e. The van der Waals surface area contributed by atoms with Gasteiger partial charge in [-0.1, -0.05) is 43.7 Å². The fourth-order valence-corrected chi connectivity index (χ4v) is 6.37. The van der Waals surface area contributed by atoms with Crippen molar-refractivity contribution in [2.45, 2.75) is 38.7 Å². The number of hydrogen-bond acceptors (Lipinski definition) is 6. The number of ether oxygens (including phenoxy) is 4. The molecular formula is C29H33NO6. The summed E-state index contributed by atoms with van der Waals surface area (Å²) in [6.45, 7) is 4.40. The summed E-state index contributed by atoms with van der Waals surface area (Å²) in [5.41, 5.74) is 2.63. The molecule has 0 spiro atoms. The maximum Gasteiger partial charge on any atom is 0.310 e. The van der Waals surface area contributed by atoms with Crippen LogP contribution < -0.4 is 19.5 Å². The predicted octanol–water partition coefficient (Wildman–Crippen LogP) is 4.97. The molecule has 5 atom stereocenters. The minimum atomic E-state index is -0.676. The van der Waals surface area contributed by atoms with Crippen molar-refractivity contribution in [2.75, 3.05) is 26.6 Å². The molecule has 2 fully saturated rings. The zero-order chi connectivity index (χ0) is 25.6. The first kappa shape index (κ1) is 24.2. The Morgan fingerprint density at radius 2 is 1.64 bits per heavy atom. The molecule has 1 saturated carbocycles. The Morgan fingerprint density at radius 1 is 0.972 bits per heavy atom. The molecule has 1 amide bonds. The van der Waals surface area contributed by atoms with Crippen LogP contribution in [0.3, 0.4) is 0 Å². The van der Waals surface area contributed by atoms with Crippen LogP contribution in [-0.2, 0) is 14.3 Å². The van der Waals surface area contributed by atoms with E-state index in [1.165, 1.54) is 5.57 Å². The van der Waals surface area contributed by atoms with E-state index in [2.05, 4.69) is 25.2 Å². The van der Waals surface area contributed by atoms with Crippen molar-refractivity contribution < 1.29 is 28.5 Å². The van der Waals surface area contributed by atoms with Gasteiger partial charge in [0, 0.05) is 29.2 Å². The molecule has 0 unspecified atom stereocenters. The molecule has 2 aromatic carbocycles. The van der Waals surface area contributed by atoms with Crippen molar-refractivity contribution in [3.05, 3.63) is 59.7 Å². The maximum atomic E-state index is 13.9. The number of carbonyl (C=O) groups excluding carboxylic acids is 2. The molecule has 1 aliphatic heterocycles. The van der Waals surface area contributed by atoms with Gasteiger partial charge in [0.05, 0.1) is 33.2 Å². The zero-order valence-corrected chi connectivity index (χ0v) is 21.4. The molecular weight excluding hydrogens is 458 g/mol. The van der Waals surface area contributed by atoms with E-state index in [-0.39, 0.29) is 29.3 Å². The van der Waals surface area contributed by atoms with E-state index in [1.54, 1.807) is 27.4 Å². The number of rotatable bonds is 6. The van der Waals surface area contributed by atoms with Crippen LogP contribution in [0.1, 0.15) is 38.2 Å². The Labute approximate surface area is 211 Å². The summed E-state index contributed by atoms with van der Waals surface area (Å²) < 4.78 is 22.8. The second-order valence-electron chi connectivity index (χ2n) is 10.7. The van der Waals surface area contributed by atoms with E-state index in [9.17, 15) is 9.59 Å². The van der Waals surface area contributed by atoms with Crippen LogP contribution in [0.25, 0.3) is 0 Å². The number of anilines is 1. The smallest absolute Gasteiger partial charge is 0.310 e. The molecule has 1 N–H and O–H groups in total. The number of para-hydroxylation sites is 1. The van der Waals surface area contributed by atoms with E-state index in [4.69, 9.17) is 18.9 Å². The van der Waals surface area contributed by atoms with Gasteiger partial charge in [0.1, 0.15) is 11.9 Å². The average Bonchev–Trinajstić information content (AvgIpc) is 3.18. The zero-order valence-electron chi connectivity index (χ0n) is 21.4. The highest BCUT2D eigenvalue weighted by Gasteiger charge is 2.59. The lowest BCUT2D eigenvalue weighted by atomic mass is 9.58. The van der Waals surface area contributed by atoms with Crippen LogP contribution in [0, 0.1) is 23.2 Å². The number of carbonyl (C=O) groups is 2. The summed E-state index contributed by atoms with van der Waals surface area (Å²) in [4.78, 5) is 27.3. The summed E-state index contributed by atoms with van der Waals surface area (Å²) in [5.74, 6) is -0.641. The minimum absolute atomic E-state index is 0.00641. The molecule has 0 aromatic heterocycles. The SMILES string of the molecule is COc1cc(OC)c([C@@H]2C=C3CC(C)(C)C[C@@H]4OC(=O)[C@@H]([C@H]34)[C@@H]2C(=O)Nc2ccccc2)cc1OC. The van der Waals surface area contributed by atoms with E-state index >= 15 is 0 Å². The summed E-state index contributed by atoms with van der Waals surface area (Å²) in [6.07, 6.45) is 3.60. The molecule has 2 aromatic rings. The number of allylic oxidation sites excluding steroid dienone is 1. The first-order chi connectivity index (χ1) is 17.3. The summed E-state index contributed by atoms with van der Waals surface area (Å²) in [5, 5.41) is 3.04. The van der Waals surface area contributed by atoms with Gasteiger partial charge in [-0.3, -0.25) is 9.59 Å². The molecule has 0 radical (unpaired) electrons. The number of esters is 1. The Kier molecular flexibility index (Phi) is 6.18. The fourth-order valence-electron chi connectivity index (χ4n) is 6.37. The molecule has 2 aliphatic carbocycles. The molecule has 1 heterocycles. The van der Waals surface area contributed by atoms with Crippen molar-refractivity contribution in [1.29, 1.82) is 0 Å². The Hall–Kier alpha value is -3.48. The Balaban J connectivity index is 1.67. The highest BCUT2D eigenvalue weighted by Crippen LogP contribution is 2.58. The number of amides is 1. The summed E-state index contributed by atoms with van der Waals surface area (Å²) in [6, 6.07) is 12.9. The van der Waals surface area contributed by atoms with Crippen molar-refractivity contribution in [3.63, 3.8) is 0 Å². The number of benzene rings is 2. The highest BCUT2D eigenvalue weighted by molar-refractivity contribution is 5.97. The summed E-state index contributed by atoms with van der Waals surface area (Å²) >= 11 is 0. The van der Waals surface area contributed by atoms with Crippen LogP contribution in [-0.4, -0.2) is 39.3 Å². The number of nitrogens with one attached hydrogen (secondary N) is 1. The largest absolute Gasteiger partial charge is 0.496 e. The predicted molar refractivity (Wildman–Crippen MR) is 135 cm³/mol. The van der Waals surface area contributed by atoms with Gasteiger partial charge in [-0.2, -0.15) is 0 Å². The maximum absolute atomic E-state index is 13.9. The number of methoxy groups -OCH3 is 3. The molecule has 36 heavy (non-hydrogen) atoms. The van der Waals surface area contributed by atoms with Crippen molar-refractivity contribution in [1.82, 2.24) is 0 Å². The molecule has 1 saturated heterocycles. The fraction of sp³-hybridized carbons (Fsp3) is 0.448. The van der Waals surface area contributed by atoms with Crippen LogP contribution in [0.5, 0.6) is 17.2 Å².